The zero-order valence-electron chi connectivity index (χ0n) is 23.5. The Morgan fingerprint density at radius 1 is 0.575 bits per heavy atom. The molecule has 7 rings (SSSR count). The van der Waals surface area contributed by atoms with E-state index in [0.717, 1.165) is 17.1 Å². The summed E-state index contributed by atoms with van der Waals surface area (Å²) in [5.41, 5.74) is 6.76. The molecule has 1 aromatic heterocycles. The molecule has 0 amide bonds. The molecule has 0 unspecified atom stereocenters. The summed E-state index contributed by atoms with van der Waals surface area (Å²) in [4.78, 5) is 0. The lowest BCUT2D eigenvalue weighted by molar-refractivity contribution is 0.308. The molecule has 2 aliphatic carbocycles. The Morgan fingerprint density at radius 2 is 1.12 bits per heavy atom. The van der Waals surface area contributed by atoms with Gasteiger partial charge in [-0.25, -0.2) is 0 Å². The van der Waals surface area contributed by atoms with Gasteiger partial charge in [0.25, 0.3) is 0 Å². The molecule has 2 aliphatic rings. The van der Waals surface area contributed by atoms with E-state index >= 15 is 0 Å². The Hall–Kier alpha value is -3.09. The third-order valence-corrected chi connectivity index (χ3v) is 12.8. The average molecular weight is 546 g/mol. The number of fused-ring (bicyclic) bond motifs is 3. The van der Waals surface area contributed by atoms with Crippen molar-refractivity contribution in [3.05, 3.63) is 103 Å². The van der Waals surface area contributed by atoms with Gasteiger partial charge in [0.15, 0.2) is 0 Å². The first-order valence-corrected chi connectivity index (χ1v) is 16.9. The number of nitrogens with zero attached hydrogens (tertiary/aromatic N) is 1. The predicted molar refractivity (Wildman–Crippen MR) is 172 cm³/mol. The number of aromatic nitrogens is 1. The summed E-state index contributed by atoms with van der Waals surface area (Å²) in [5.74, 6) is 1.12. The number of hydrogen-bond acceptors (Lipinski definition) is 1. The van der Waals surface area contributed by atoms with Crippen molar-refractivity contribution in [3.8, 4) is 11.4 Å². The van der Waals surface area contributed by atoms with E-state index in [9.17, 15) is 0 Å². The first-order valence-electron chi connectivity index (χ1n) is 15.4. The average Bonchev–Trinajstić information content (AvgIpc) is 3.36. The van der Waals surface area contributed by atoms with Crippen LogP contribution >= 0.6 is 7.92 Å². The Bertz CT molecular complexity index is 1510. The highest BCUT2D eigenvalue weighted by molar-refractivity contribution is 7.67. The molecule has 0 N–H and O–H groups in total. The van der Waals surface area contributed by atoms with Gasteiger partial charge in [-0.15, -0.1) is 0 Å². The highest BCUT2D eigenvalue weighted by Gasteiger charge is 2.36. The van der Waals surface area contributed by atoms with Gasteiger partial charge in [0.2, 0.25) is 0 Å². The summed E-state index contributed by atoms with van der Waals surface area (Å²) in [6.07, 6.45) is 13.8. The van der Waals surface area contributed by atoms with E-state index in [0.29, 0.717) is 6.61 Å². The van der Waals surface area contributed by atoms with E-state index in [2.05, 4.69) is 102 Å². The summed E-state index contributed by atoms with van der Waals surface area (Å²) in [6.45, 7) is 0.614. The molecule has 40 heavy (non-hydrogen) atoms. The molecule has 0 bridgehead atoms. The molecule has 0 radical (unpaired) electrons. The number of ether oxygens (including phenoxy) is 1. The van der Waals surface area contributed by atoms with Crippen LogP contribution < -0.4 is 10.0 Å². The summed E-state index contributed by atoms with van der Waals surface area (Å²) in [6, 6.07) is 35.5. The molecule has 204 valence electrons. The first kappa shape index (κ1) is 25.8. The number of para-hydroxylation sites is 2. The molecule has 0 atom stereocenters. The van der Waals surface area contributed by atoms with Crippen molar-refractivity contribution in [1.29, 1.82) is 0 Å². The zero-order valence-corrected chi connectivity index (χ0v) is 24.4. The highest BCUT2D eigenvalue weighted by atomic mass is 31.1. The van der Waals surface area contributed by atoms with Crippen LogP contribution in [-0.2, 0) is 6.61 Å². The number of rotatable bonds is 7. The normalized spacial score (nSPS) is 17.1. The standard InChI is InChI=1S/C37H40NOP/c1-4-15-28(16-5-1)27-39-36-26-14-25-35(38-33-23-12-10-21-31(33)32-22-11-13-24-34(32)38)37(36)40(29-17-6-2-7-18-29)30-19-8-3-9-20-30/h1,4-5,10-16,21-26,29-30H,2-3,6-9,17-20,27H2. The molecule has 0 aliphatic heterocycles. The van der Waals surface area contributed by atoms with Crippen molar-refractivity contribution in [3.63, 3.8) is 0 Å². The maximum atomic E-state index is 6.85. The highest BCUT2D eigenvalue weighted by Crippen LogP contribution is 2.57. The van der Waals surface area contributed by atoms with Crippen molar-refractivity contribution in [2.45, 2.75) is 82.1 Å². The van der Waals surface area contributed by atoms with E-state index in [-0.39, 0.29) is 7.92 Å². The third kappa shape index (κ3) is 4.97. The Balaban J connectivity index is 1.45. The quantitative estimate of drug-likeness (QED) is 0.186. The fraction of sp³-hybridized carbons (Fsp3) is 0.351. The van der Waals surface area contributed by atoms with E-state index < -0.39 is 0 Å². The van der Waals surface area contributed by atoms with Crippen molar-refractivity contribution in [1.82, 2.24) is 4.57 Å². The molecular weight excluding hydrogens is 505 g/mol. The summed E-state index contributed by atoms with van der Waals surface area (Å²) < 4.78 is 9.42. The van der Waals surface area contributed by atoms with E-state index in [1.54, 1.807) is 0 Å². The van der Waals surface area contributed by atoms with Crippen molar-refractivity contribution in [2.75, 3.05) is 0 Å². The number of hydrogen-bond donors (Lipinski definition) is 0. The van der Waals surface area contributed by atoms with Gasteiger partial charge in [-0.1, -0.05) is 119 Å². The molecule has 0 saturated heterocycles. The zero-order chi connectivity index (χ0) is 26.7. The molecule has 2 saturated carbocycles. The molecular formula is C37H40NOP. The van der Waals surface area contributed by atoms with Gasteiger partial charge in [-0.3, -0.25) is 0 Å². The van der Waals surface area contributed by atoms with Crippen LogP contribution in [-0.4, -0.2) is 15.9 Å². The second kappa shape index (κ2) is 11.8. The second-order valence-corrected chi connectivity index (χ2v) is 14.5. The van der Waals surface area contributed by atoms with Crippen LogP contribution in [0.4, 0.5) is 0 Å². The largest absolute Gasteiger partial charge is 0.488 e. The van der Waals surface area contributed by atoms with E-state index in [1.165, 1.54) is 103 Å². The topological polar surface area (TPSA) is 14.2 Å². The van der Waals surface area contributed by atoms with Crippen LogP contribution in [0, 0.1) is 0 Å². The molecule has 4 aromatic carbocycles. The van der Waals surface area contributed by atoms with Gasteiger partial charge in [0.05, 0.1) is 16.7 Å². The molecule has 1 heterocycles. The third-order valence-electron chi connectivity index (χ3n) is 9.23. The molecule has 3 heteroatoms. The molecule has 0 spiro atoms. The van der Waals surface area contributed by atoms with Crippen LogP contribution in [0.5, 0.6) is 5.75 Å². The SMILES string of the molecule is c1ccc(COc2cccc(-n3c4ccccc4c4ccccc43)c2P(C2CCCCC2)C2CCCCC2)cc1. The van der Waals surface area contributed by atoms with Gasteiger partial charge in [-0.2, -0.15) is 0 Å². The fourth-order valence-corrected chi connectivity index (χ4v) is 11.4. The Morgan fingerprint density at radius 3 is 1.73 bits per heavy atom. The summed E-state index contributed by atoms with van der Waals surface area (Å²) >= 11 is 0. The van der Waals surface area contributed by atoms with Gasteiger partial charge >= 0.3 is 0 Å². The summed E-state index contributed by atoms with van der Waals surface area (Å²) in [7, 11) is -0.375. The minimum absolute atomic E-state index is 0.375. The fourth-order valence-electron chi connectivity index (χ4n) is 7.37. The minimum Gasteiger partial charge on any atom is -0.488 e. The minimum atomic E-state index is -0.375. The van der Waals surface area contributed by atoms with Gasteiger partial charge in [0.1, 0.15) is 12.4 Å². The first-order chi connectivity index (χ1) is 19.9. The molecule has 2 fully saturated rings. The second-order valence-electron chi connectivity index (χ2n) is 11.8. The predicted octanol–water partition coefficient (Wildman–Crippen LogP) is 10.1. The van der Waals surface area contributed by atoms with Gasteiger partial charge in [-0.05, 0) is 66.8 Å². The molecule has 5 aromatic rings. The van der Waals surface area contributed by atoms with Gasteiger partial charge < -0.3 is 9.30 Å². The van der Waals surface area contributed by atoms with Crippen LogP contribution in [0.1, 0.15) is 69.8 Å². The van der Waals surface area contributed by atoms with Crippen molar-refractivity contribution in [2.24, 2.45) is 0 Å². The van der Waals surface area contributed by atoms with Crippen molar-refractivity contribution >= 4 is 35.0 Å². The van der Waals surface area contributed by atoms with E-state index in [1.807, 2.05) is 0 Å². The van der Waals surface area contributed by atoms with E-state index in [4.69, 9.17) is 4.74 Å². The smallest absolute Gasteiger partial charge is 0.129 e. The number of benzene rings is 4. The Labute approximate surface area is 240 Å². The maximum Gasteiger partial charge on any atom is 0.129 e. The van der Waals surface area contributed by atoms with Gasteiger partial charge in [0, 0.05) is 16.1 Å². The van der Waals surface area contributed by atoms with Crippen LogP contribution in [0.25, 0.3) is 27.5 Å². The Kier molecular flexibility index (Phi) is 7.62. The maximum absolute atomic E-state index is 6.85. The molecule has 2 nitrogen and oxygen atoms in total. The van der Waals surface area contributed by atoms with Crippen LogP contribution in [0.3, 0.4) is 0 Å². The van der Waals surface area contributed by atoms with Crippen LogP contribution in [0.2, 0.25) is 0 Å². The lowest BCUT2D eigenvalue weighted by Gasteiger charge is -2.40. The lowest BCUT2D eigenvalue weighted by Crippen LogP contribution is -2.29. The monoisotopic (exact) mass is 545 g/mol. The van der Waals surface area contributed by atoms with Crippen molar-refractivity contribution < 1.29 is 4.74 Å². The van der Waals surface area contributed by atoms with Crippen LogP contribution in [0.15, 0.2) is 97.1 Å². The summed E-state index contributed by atoms with van der Waals surface area (Å²) in [5, 5.41) is 4.19. The lowest BCUT2D eigenvalue weighted by atomic mass is 9.99.